The van der Waals surface area contributed by atoms with Crippen LogP contribution < -0.4 is 14.8 Å². The van der Waals surface area contributed by atoms with Crippen molar-refractivity contribution in [3.05, 3.63) is 87.5 Å². The molecule has 3 aromatic carbocycles. The highest BCUT2D eigenvalue weighted by atomic mass is 16.5. The topological polar surface area (TPSA) is 47.6 Å². The second kappa shape index (κ2) is 9.04. The zero-order valence-corrected chi connectivity index (χ0v) is 18.6. The maximum Gasteiger partial charge on any atom is 0.255 e. The molecule has 0 spiro atoms. The van der Waals surface area contributed by atoms with Crippen LogP contribution >= 0.6 is 0 Å². The van der Waals surface area contributed by atoms with Crippen LogP contribution in [0.3, 0.4) is 0 Å². The van der Waals surface area contributed by atoms with E-state index in [9.17, 15) is 4.79 Å². The SMILES string of the molecule is COc1ccc(C(=O)Nc2ccc(C)c(C)c2)cc1COc1cc(C)cc(C)c1C. The number of hydrogen-bond donors (Lipinski definition) is 1. The highest BCUT2D eigenvalue weighted by Gasteiger charge is 2.13. The lowest BCUT2D eigenvalue weighted by atomic mass is 10.1. The standard InChI is InChI=1S/C26H29NO3/c1-16-11-19(4)20(5)25(12-16)30-15-22-14-21(8-10-24(22)29-6)26(28)27-23-9-7-17(2)18(3)13-23/h7-14H,15H2,1-6H3,(H,27,28). The predicted octanol–water partition coefficient (Wildman–Crippen LogP) is 6.07. The summed E-state index contributed by atoms with van der Waals surface area (Å²) in [5, 5.41) is 2.97. The number of benzene rings is 3. The fraction of sp³-hybridized carbons (Fsp3) is 0.269. The van der Waals surface area contributed by atoms with Gasteiger partial charge in [0.25, 0.3) is 5.91 Å². The van der Waals surface area contributed by atoms with E-state index in [1.807, 2.05) is 50.2 Å². The van der Waals surface area contributed by atoms with Crippen LogP contribution in [0.2, 0.25) is 0 Å². The number of carbonyl (C=O) groups excluding carboxylic acids is 1. The largest absolute Gasteiger partial charge is 0.496 e. The van der Waals surface area contributed by atoms with Gasteiger partial charge in [0, 0.05) is 16.8 Å². The van der Waals surface area contributed by atoms with Crippen LogP contribution in [0.4, 0.5) is 5.69 Å². The van der Waals surface area contributed by atoms with Gasteiger partial charge in [-0.05, 0) is 98.8 Å². The Balaban J connectivity index is 1.81. The number of carbonyl (C=O) groups is 1. The van der Waals surface area contributed by atoms with Gasteiger partial charge in [-0.15, -0.1) is 0 Å². The van der Waals surface area contributed by atoms with Crippen LogP contribution in [0.5, 0.6) is 11.5 Å². The number of aryl methyl sites for hydroxylation is 4. The number of ether oxygens (including phenoxy) is 2. The number of rotatable bonds is 6. The van der Waals surface area contributed by atoms with Gasteiger partial charge >= 0.3 is 0 Å². The van der Waals surface area contributed by atoms with Crippen LogP contribution in [0.15, 0.2) is 48.5 Å². The van der Waals surface area contributed by atoms with Gasteiger partial charge < -0.3 is 14.8 Å². The predicted molar refractivity (Wildman–Crippen MR) is 122 cm³/mol. The minimum atomic E-state index is -0.162. The van der Waals surface area contributed by atoms with Crippen LogP contribution in [-0.4, -0.2) is 13.0 Å². The number of hydrogen-bond acceptors (Lipinski definition) is 3. The summed E-state index contributed by atoms with van der Waals surface area (Å²) in [6, 6.07) is 15.5. The molecule has 0 aliphatic heterocycles. The molecule has 0 saturated heterocycles. The third kappa shape index (κ3) is 4.82. The molecule has 3 aromatic rings. The van der Waals surface area contributed by atoms with E-state index in [4.69, 9.17) is 9.47 Å². The molecule has 0 fully saturated rings. The Morgan fingerprint density at radius 2 is 1.60 bits per heavy atom. The second-order valence-electron chi connectivity index (χ2n) is 7.77. The number of methoxy groups -OCH3 is 1. The summed E-state index contributed by atoms with van der Waals surface area (Å²) >= 11 is 0. The normalized spacial score (nSPS) is 10.6. The third-order valence-electron chi connectivity index (χ3n) is 5.45. The summed E-state index contributed by atoms with van der Waals surface area (Å²) in [5.41, 5.74) is 7.96. The van der Waals surface area contributed by atoms with E-state index in [1.165, 1.54) is 11.1 Å². The smallest absolute Gasteiger partial charge is 0.255 e. The molecule has 30 heavy (non-hydrogen) atoms. The molecule has 0 saturated carbocycles. The van der Waals surface area contributed by atoms with Crippen molar-refractivity contribution in [2.45, 2.75) is 41.2 Å². The molecule has 4 nitrogen and oxygen atoms in total. The van der Waals surface area contributed by atoms with E-state index < -0.39 is 0 Å². The first-order chi connectivity index (χ1) is 14.3. The van der Waals surface area contributed by atoms with E-state index in [2.05, 4.69) is 32.2 Å². The van der Waals surface area contributed by atoms with Crippen LogP contribution in [-0.2, 0) is 6.61 Å². The minimum Gasteiger partial charge on any atom is -0.496 e. The molecule has 0 heterocycles. The van der Waals surface area contributed by atoms with Crippen molar-refractivity contribution < 1.29 is 14.3 Å². The molecule has 0 unspecified atom stereocenters. The van der Waals surface area contributed by atoms with Gasteiger partial charge in [0.05, 0.1) is 7.11 Å². The Labute approximate surface area is 178 Å². The van der Waals surface area contributed by atoms with Crippen molar-refractivity contribution in [1.29, 1.82) is 0 Å². The van der Waals surface area contributed by atoms with E-state index >= 15 is 0 Å². The first-order valence-corrected chi connectivity index (χ1v) is 10.0. The molecule has 0 aromatic heterocycles. The van der Waals surface area contributed by atoms with Gasteiger partial charge in [-0.2, -0.15) is 0 Å². The first kappa shape index (κ1) is 21.4. The van der Waals surface area contributed by atoms with Crippen molar-refractivity contribution >= 4 is 11.6 Å². The van der Waals surface area contributed by atoms with Crippen LogP contribution in [0.1, 0.15) is 43.7 Å². The van der Waals surface area contributed by atoms with Gasteiger partial charge in [-0.1, -0.05) is 12.1 Å². The molecule has 4 heteroatoms. The van der Waals surface area contributed by atoms with Gasteiger partial charge in [-0.3, -0.25) is 4.79 Å². The van der Waals surface area contributed by atoms with E-state index in [0.29, 0.717) is 17.9 Å². The highest BCUT2D eigenvalue weighted by Crippen LogP contribution is 2.27. The molecule has 156 valence electrons. The lowest BCUT2D eigenvalue weighted by Gasteiger charge is -2.15. The van der Waals surface area contributed by atoms with Crippen molar-refractivity contribution in [2.75, 3.05) is 12.4 Å². The molecule has 1 N–H and O–H groups in total. The minimum absolute atomic E-state index is 0.162. The maximum atomic E-state index is 12.8. The molecule has 1 amide bonds. The van der Waals surface area contributed by atoms with Crippen molar-refractivity contribution in [3.8, 4) is 11.5 Å². The summed E-state index contributed by atoms with van der Waals surface area (Å²) in [4.78, 5) is 12.8. The van der Waals surface area contributed by atoms with E-state index in [1.54, 1.807) is 13.2 Å². The van der Waals surface area contributed by atoms with E-state index in [-0.39, 0.29) is 5.91 Å². The van der Waals surface area contributed by atoms with Crippen molar-refractivity contribution in [3.63, 3.8) is 0 Å². The molecular weight excluding hydrogens is 374 g/mol. The zero-order chi connectivity index (χ0) is 21.8. The summed E-state index contributed by atoms with van der Waals surface area (Å²) in [5.74, 6) is 1.38. The lowest BCUT2D eigenvalue weighted by molar-refractivity contribution is 0.102. The van der Waals surface area contributed by atoms with Gasteiger partial charge in [0.15, 0.2) is 0 Å². The number of anilines is 1. The van der Waals surface area contributed by atoms with E-state index in [0.717, 1.165) is 33.7 Å². The zero-order valence-electron chi connectivity index (χ0n) is 18.6. The number of amides is 1. The Kier molecular flexibility index (Phi) is 6.46. The van der Waals surface area contributed by atoms with Gasteiger partial charge in [-0.25, -0.2) is 0 Å². The fourth-order valence-electron chi connectivity index (χ4n) is 3.36. The summed E-state index contributed by atoms with van der Waals surface area (Å²) in [7, 11) is 1.62. The average molecular weight is 404 g/mol. The lowest BCUT2D eigenvalue weighted by Crippen LogP contribution is -2.13. The summed E-state index contributed by atoms with van der Waals surface area (Å²) in [6.45, 7) is 10.6. The Hall–Kier alpha value is -3.27. The molecule has 0 radical (unpaired) electrons. The summed E-state index contributed by atoms with van der Waals surface area (Å²) in [6.07, 6.45) is 0. The molecular formula is C26H29NO3. The quantitative estimate of drug-likeness (QED) is 0.543. The van der Waals surface area contributed by atoms with Crippen LogP contribution in [0, 0.1) is 34.6 Å². The third-order valence-corrected chi connectivity index (χ3v) is 5.45. The maximum absolute atomic E-state index is 12.8. The monoisotopic (exact) mass is 403 g/mol. The van der Waals surface area contributed by atoms with Gasteiger partial charge in [0.1, 0.15) is 18.1 Å². The summed E-state index contributed by atoms with van der Waals surface area (Å²) < 4.78 is 11.6. The Morgan fingerprint density at radius 3 is 2.30 bits per heavy atom. The average Bonchev–Trinajstić information content (AvgIpc) is 2.72. The number of nitrogens with one attached hydrogen (secondary N) is 1. The van der Waals surface area contributed by atoms with Gasteiger partial charge in [0.2, 0.25) is 0 Å². The first-order valence-electron chi connectivity index (χ1n) is 10.0. The van der Waals surface area contributed by atoms with Crippen molar-refractivity contribution in [1.82, 2.24) is 0 Å². The van der Waals surface area contributed by atoms with Crippen LogP contribution in [0.25, 0.3) is 0 Å². The highest BCUT2D eigenvalue weighted by molar-refractivity contribution is 6.04. The molecule has 0 aliphatic rings. The Bertz CT molecular complexity index is 1090. The molecule has 3 rings (SSSR count). The van der Waals surface area contributed by atoms with Crippen molar-refractivity contribution in [2.24, 2.45) is 0 Å². The Morgan fingerprint density at radius 1 is 0.833 bits per heavy atom. The second-order valence-corrected chi connectivity index (χ2v) is 7.77. The molecule has 0 aliphatic carbocycles. The molecule has 0 bridgehead atoms. The molecule has 0 atom stereocenters. The fourth-order valence-corrected chi connectivity index (χ4v) is 3.36.